The van der Waals surface area contributed by atoms with E-state index in [-0.39, 0.29) is 5.38 Å². The van der Waals surface area contributed by atoms with Crippen LogP contribution in [0.2, 0.25) is 0 Å². The maximum absolute atomic E-state index is 6.63. The highest BCUT2D eigenvalue weighted by molar-refractivity contribution is 14.1. The largest absolute Gasteiger partial charge is 0.146 e. The predicted octanol–water partition coefficient (Wildman–Crippen LogP) is 5.61. The molecule has 17 heavy (non-hydrogen) atoms. The minimum absolute atomic E-state index is 0.0354. The number of rotatable bonds is 2. The first-order chi connectivity index (χ1) is 8.00. The zero-order chi connectivity index (χ0) is 12.6. The van der Waals surface area contributed by atoms with Crippen LogP contribution in [-0.2, 0) is 0 Å². The highest BCUT2D eigenvalue weighted by atomic mass is 127. The Hall–Kier alpha value is -0.0600. The van der Waals surface area contributed by atoms with E-state index in [1.54, 1.807) is 0 Å². The lowest BCUT2D eigenvalue weighted by molar-refractivity contribution is 1.11. The third-order valence-corrected chi connectivity index (χ3v) is 5.77. The van der Waals surface area contributed by atoms with Gasteiger partial charge in [0, 0.05) is 13.3 Å². The lowest BCUT2D eigenvalue weighted by atomic mass is 10.0. The molecule has 0 saturated carbocycles. The Kier molecular flexibility index (Phi) is 4.16. The third kappa shape index (κ3) is 2.69. The Morgan fingerprint density at radius 3 is 2.47 bits per heavy atom. The molecule has 0 N–H and O–H groups in total. The van der Waals surface area contributed by atoms with Crippen LogP contribution in [0.5, 0.6) is 0 Å². The van der Waals surface area contributed by atoms with E-state index in [0.29, 0.717) is 0 Å². The summed E-state index contributed by atoms with van der Waals surface area (Å²) in [4.78, 5) is 2.64. The molecule has 0 aliphatic heterocycles. The molecule has 0 nitrogen and oxygen atoms in total. The number of thiophene rings is 1. The fourth-order valence-electron chi connectivity index (χ4n) is 1.94. The molecule has 2 rings (SSSR count). The second-order valence-electron chi connectivity index (χ2n) is 4.21. The molecule has 0 saturated heterocycles. The molecule has 0 bridgehead atoms. The molecule has 0 fully saturated rings. The van der Waals surface area contributed by atoms with Crippen LogP contribution in [-0.4, -0.2) is 0 Å². The van der Waals surface area contributed by atoms with Crippen LogP contribution in [0.3, 0.4) is 0 Å². The molecule has 1 aromatic heterocycles. The Bertz CT molecular complexity index is 545. The Morgan fingerprint density at radius 1 is 1.18 bits per heavy atom. The normalized spacial score (nSPS) is 12.8. The molecular weight excluding hydrogens is 363 g/mol. The van der Waals surface area contributed by atoms with Crippen LogP contribution in [0.15, 0.2) is 24.3 Å². The summed E-state index contributed by atoms with van der Waals surface area (Å²) in [6, 6.07) is 8.53. The molecule has 0 amide bonds. The maximum atomic E-state index is 6.63. The number of alkyl halides is 1. The third-order valence-electron chi connectivity index (χ3n) is 2.85. The molecular formula is C14H14ClIS. The summed E-state index contributed by atoms with van der Waals surface area (Å²) in [5.41, 5.74) is 3.75. The van der Waals surface area contributed by atoms with Gasteiger partial charge in [-0.15, -0.1) is 22.9 Å². The zero-order valence-electron chi connectivity index (χ0n) is 10.1. The van der Waals surface area contributed by atoms with E-state index in [1.165, 1.54) is 30.0 Å². The first-order valence-corrected chi connectivity index (χ1v) is 7.80. The summed E-state index contributed by atoms with van der Waals surface area (Å²) in [6.45, 7) is 6.40. The quantitative estimate of drug-likeness (QED) is 0.472. The highest BCUT2D eigenvalue weighted by Gasteiger charge is 2.18. The van der Waals surface area contributed by atoms with Gasteiger partial charge in [-0.1, -0.05) is 18.2 Å². The molecule has 90 valence electrons. The van der Waals surface area contributed by atoms with Gasteiger partial charge in [0.15, 0.2) is 0 Å². The van der Waals surface area contributed by atoms with Gasteiger partial charge in [0.2, 0.25) is 0 Å². The van der Waals surface area contributed by atoms with Crippen molar-refractivity contribution in [2.75, 3.05) is 0 Å². The van der Waals surface area contributed by atoms with Crippen LogP contribution in [0, 0.1) is 24.3 Å². The van der Waals surface area contributed by atoms with Crippen molar-refractivity contribution in [3.63, 3.8) is 0 Å². The van der Waals surface area contributed by atoms with Crippen molar-refractivity contribution >= 4 is 45.5 Å². The van der Waals surface area contributed by atoms with Gasteiger partial charge in [0.1, 0.15) is 0 Å². The van der Waals surface area contributed by atoms with Gasteiger partial charge in [-0.25, -0.2) is 0 Å². The molecule has 1 atom stereocenters. The number of hydrogen-bond acceptors (Lipinski definition) is 1. The zero-order valence-corrected chi connectivity index (χ0v) is 13.8. The average Bonchev–Trinajstić information content (AvgIpc) is 2.61. The molecule has 1 aromatic carbocycles. The number of benzene rings is 1. The standard InChI is InChI=1S/C14H14ClIS/c1-8-5-4-6-11(14(8)16)13(15)12-7-9(2)17-10(12)3/h4-7,13H,1-3H3. The summed E-state index contributed by atoms with van der Waals surface area (Å²) in [6.07, 6.45) is 0. The summed E-state index contributed by atoms with van der Waals surface area (Å²) in [7, 11) is 0. The van der Waals surface area contributed by atoms with E-state index >= 15 is 0 Å². The molecule has 2 aromatic rings. The van der Waals surface area contributed by atoms with Crippen molar-refractivity contribution < 1.29 is 0 Å². The van der Waals surface area contributed by atoms with Crippen LogP contribution >= 0.6 is 45.5 Å². The van der Waals surface area contributed by atoms with E-state index in [1.807, 2.05) is 11.3 Å². The number of aryl methyl sites for hydroxylation is 3. The van der Waals surface area contributed by atoms with Crippen molar-refractivity contribution in [2.45, 2.75) is 26.1 Å². The van der Waals surface area contributed by atoms with E-state index in [0.717, 1.165) is 0 Å². The highest BCUT2D eigenvalue weighted by Crippen LogP contribution is 2.37. The van der Waals surface area contributed by atoms with E-state index in [9.17, 15) is 0 Å². The van der Waals surface area contributed by atoms with Gasteiger partial charge in [-0.05, 0) is 66.1 Å². The van der Waals surface area contributed by atoms with Crippen molar-refractivity contribution in [1.82, 2.24) is 0 Å². The summed E-state index contributed by atoms with van der Waals surface area (Å²) in [5, 5.41) is -0.0354. The second-order valence-corrected chi connectivity index (χ2v) is 7.18. The van der Waals surface area contributed by atoms with Crippen LogP contribution < -0.4 is 0 Å². The van der Waals surface area contributed by atoms with Crippen molar-refractivity contribution in [3.05, 3.63) is 54.3 Å². The number of halogens is 2. The van der Waals surface area contributed by atoms with Gasteiger partial charge < -0.3 is 0 Å². The topological polar surface area (TPSA) is 0 Å². The maximum Gasteiger partial charge on any atom is 0.0856 e. The first-order valence-electron chi connectivity index (χ1n) is 5.46. The molecule has 0 aliphatic carbocycles. The van der Waals surface area contributed by atoms with Crippen molar-refractivity contribution in [3.8, 4) is 0 Å². The lowest BCUT2D eigenvalue weighted by Crippen LogP contribution is -1.98. The minimum Gasteiger partial charge on any atom is -0.146 e. The molecule has 1 heterocycles. The fourth-order valence-corrected chi connectivity index (χ4v) is 4.23. The van der Waals surface area contributed by atoms with Gasteiger partial charge in [-0.2, -0.15) is 0 Å². The van der Waals surface area contributed by atoms with Gasteiger partial charge in [-0.3, -0.25) is 0 Å². The van der Waals surface area contributed by atoms with Crippen LogP contribution in [0.4, 0.5) is 0 Å². The molecule has 1 unspecified atom stereocenters. The fraction of sp³-hybridized carbons (Fsp3) is 0.286. The molecule has 3 heteroatoms. The smallest absolute Gasteiger partial charge is 0.0856 e. The predicted molar refractivity (Wildman–Crippen MR) is 85.4 cm³/mol. The summed E-state index contributed by atoms with van der Waals surface area (Å²) in [5.74, 6) is 0. The second kappa shape index (κ2) is 5.29. The lowest BCUT2D eigenvalue weighted by Gasteiger charge is -2.13. The SMILES string of the molecule is Cc1cc(C(Cl)c2cccc(C)c2I)c(C)s1. The molecule has 0 radical (unpaired) electrons. The molecule has 0 spiro atoms. The average molecular weight is 377 g/mol. The van der Waals surface area contributed by atoms with Crippen molar-refractivity contribution in [2.24, 2.45) is 0 Å². The van der Waals surface area contributed by atoms with Crippen LogP contribution in [0.25, 0.3) is 0 Å². The Balaban J connectivity index is 2.47. The number of hydrogen-bond donors (Lipinski definition) is 0. The Morgan fingerprint density at radius 2 is 1.88 bits per heavy atom. The van der Waals surface area contributed by atoms with Gasteiger partial charge in [0.05, 0.1) is 5.38 Å². The Labute approximate surface area is 125 Å². The molecule has 0 aliphatic rings. The van der Waals surface area contributed by atoms with Gasteiger partial charge >= 0.3 is 0 Å². The van der Waals surface area contributed by atoms with Gasteiger partial charge in [0.25, 0.3) is 0 Å². The van der Waals surface area contributed by atoms with E-state index < -0.39 is 0 Å². The minimum atomic E-state index is -0.0354. The first kappa shape index (κ1) is 13.4. The monoisotopic (exact) mass is 376 g/mol. The van der Waals surface area contributed by atoms with E-state index in [4.69, 9.17) is 11.6 Å². The van der Waals surface area contributed by atoms with Crippen molar-refractivity contribution in [1.29, 1.82) is 0 Å². The summed E-state index contributed by atoms with van der Waals surface area (Å²) < 4.78 is 1.27. The van der Waals surface area contributed by atoms with Crippen LogP contribution in [0.1, 0.15) is 31.8 Å². The summed E-state index contributed by atoms with van der Waals surface area (Å²) >= 11 is 10.8. The van der Waals surface area contributed by atoms with E-state index in [2.05, 4.69) is 67.6 Å².